The van der Waals surface area contributed by atoms with Gasteiger partial charge in [-0.25, -0.2) is 0 Å². The van der Waals surface area contributed by atoms with Crippen LogP contribution in [0.4, 0.5) is 0 Å². The molecule has 0 radical (unpaired) electrons. The second kappa shape index (κ2) is 3.20. The van der Waals surface area contributed by atoms with E-state index in [9.17, 15) is 4.79 Å². The number of carboxylic acid groups (broad SMARTS) is 1. The van der Waals surface area contributed by atoms with E-state index in [-0.39, 0.29) is 5.92 Å². The predicted molar refractivity (Wildman–Crippen MR) is 46.4 cm³/mol. The maximum absolute atomic E-state index is 10.8. The number of nitrogens with zero attached hydrogens (tertiary/aromatic N) is 1. The zero-order valence-corrected chi connectivity index (χ0v) is 7.29. The van der Waals surface area contributed by atoms with Crippen molar-refractivity contribution < 1.29 is 9.90 Å². The fourth-order valence-electron chi connectivity index (χ4n) is 1.83. The molecule has 0 fully saturated rings. The molecule has 1 aliphatic rings. The molecule has 0 aromatic carbocycles. The van der Waals surface area contributed by atoms with Crippen LogP contribution in [0.5, 0.6) is 0 Å². The summed E-state index contributed by atoms with van der Waals surface area (Å²) in [5.74, 6) is -0.927. The van der Waals surface area contributed by atoms with Crippen LogP contribution in [0.1, 0.15) is 24.1 Å². The van der Waals surface area contributed by atoms with Crippen molar-refractivity contribution in [2.45, 2.75) is 25.7 Å². The normalized spacial score (nSPS) is 22.0. The van der Waals surface area contributed by atoms with Crippen molar-refractivity contribution in [2.24, 2.45) is 5.92 Å². The first-order chi connectivity index (χ1) is 6.27. The molecule has 4 nitrogen and oxygen atoms in total. The Morgan fingerprint density at radius 2 is 2.54 bits per heavy atom. The predicted octanol–water partition coefficient (Wildman–Crippen LogP) is 0.989. The average Bonchev–Trinajstić information content (AvgIpc) is 2.42. The molecule has 0 unspecified atom stereocenters. The molecule has 0 bridgehead atoms. The third-order valence-electron chi connectivity index (χ3n) is 2.61. The zero-order chi connectivity index (χ0) is 9.26. The highest BCUT2D eigenvalue weighted by atomic mass is 16.4. The molecule has 0 spiro atoms. The van der Waals surface area contributed by atoms with Crippen LogP contribution in [0.3, 0.4) is 0 Å². The number of carboxylic acids is 1. The molecule has 2 rings (SSSR count). The summed E-state index contributed by atoms with van der Waals surface area (Å²) in [5.41, 5.74) is 2.19. The van der Waals surface area contributed by atoms with Crippen molar-refractivity contribution in [3.8, 4) is 0 Å². The van der Waals surface area contributed by atoms with Gasteiger partial charge >= 0.3 is 5.97 Å². The number of hydrogen-bond donors (Lipinski definition) is 2. The Kier molecular flexibility index (Phi) is 2.04. The number of aromatic nitrogens is 2. The molecule has 13 heavy (non-hydrogen) atoms. The number of aliphatic carboxylic acids is 1. The number of H-pyrrole nitrogens is 1. The largest absolute Gasteiger partial charge is 0.481 e. The Hall–Kier alpha value is -1.32. The van der Waals surface area contributed by atoms with Gasteiger partial charge in [-0.05, 0) is 24.8 Å². The molecule has 2 N–H and O–H groups in total. The van der Waals surface area contributed by atoms with Crippen LogP contribution in [0.15, 0.2) is 6.20 Å². The summed E-state index contributed by atoms with van der Waals surface area (Å²) >= 11 is 0. The van der Waals surface area contributed by atoms with Crippen LogP contribution in [0.2, 0.25) is 0 Å². The molecule has 1 aliphatic carbocycles. The lowest BCUT2D eigenvalue weighted by atomic mass is 10.0. The third-order valence-corrected chi connectivity index (χ3v) is 2.61. The fourth-order valence-corrected chi connectivity index (χ4v) is 1.83. The minimum Gasteiger partial charge on any atom is -0.481 e. The Morgan fingerprint density at radius 1 is 1.69 bits per heavy atom. The highest BCUT2D eigenvalue weighted by Crippen LogP contribution is 2.22. The topological polar surface area (TPSA) is 66.0 Å². The summed E-state index contributed by atoms with van der Waals surface area (Å²) in [7, 11) is 0. The van der Waals surface area contributed by atoms with E-state index in [1.54, 1.807) is 6.20 Å². The van der Waals surface area contributed by atoms with Gasteiger partial charge in [0.05, 0.1) is 12.1 Å². The van der Waals surface area contributed by atoms with E-state index in [0.29, 0.717) is 6.42 Å². The Labute approximate surface area is 76.0 Å². The molecular formula is C9H12N2O2. The SMILES string of the molecule is O=C(O)[C@H]1CCCc2cn[nH]c2C1. The lowest BCUT2D eigenvalue weighted by Gasteiger charge is -2.06. The van der Waals surface area contributed by atoms with Gasteiger partial charge in [-0.2, -0.15) is 5.10 Å². The monoisotopic (exact) mass is 180 g/mol. The molecule has 0 amide bonds. The highest BCUT2D eigenvalue weighted by molar-refractivity contribution is 5.70. The van der Waals surface area contributed by atoms with Gasteiger partial charge < -0.3 is 5.11 Å². The van der Waals surface area contributed by atoms with Gasteiger partial charge in [-0.3, -0.25) is 9.89 Å². The van der Waals surface area contributed by atoms with E-state index in [2.05, 4.69) is 10.2 Å². The van der Waals surface area contributed by atoms with E-state index >= 15 is 0 Å². The standard InChI is InChI=1S/C9H12N2O2/c12-9(13)6-2-1-3-7-5-10-11-8(7)4-6/h5-6H,1-4H2,(H,10,11)(H,12,13)/t6-/m0/s1. The molecule has 0 aliphatic heterocycles. The molecule has 0 saturated carbocycles. The fraction of sp³-hybridized carbons (Fsp3) is 0.556. The van der Waals surface area contributed by atoms with Crippen LogP contribution in [0.25, 0.3) is 0 Å². The smallest absolute Gasteiger partial charge is 0.306 e. The van der Waals surface area contributed by atoms with E-state index < -0.39 is 5.97 Å². The quantitative estimate of drug-likeness (QED) is 0.633. The van der Waals surface area contributed by atoms with Gasteiger partial charge in [-0.15, -0.1) is 0 Å². The summed E-state index contributed by atoms with van der Waals surface area (Å²) in [6.07, 6.45) is 5.08. The molecule has 70 valence electrons. The van der Waals surface area contributed by atoms with Crippen LogP contribution >= 0.6 is 0 Å². The molecule has 4 heteroatoms. The van der Waals surface area contributed by atoms with E-state index in [0.717, 1.165) is 25.0 Å². The van der Waals surface area contributed by atoms with E-state index in [1.165, 1.54) is 5.56 Å². The molecule has 1 aromatic rings. The first kappa shape index (κ1) is 8.29. The number of hydrogen-bond acceptors (Lipinski definition) is 2. The number of aryl methyl sites for hydroxylation is 1. The maximum atomic E-state index is 10.8. The van der Waals surface area contributed by atoms with Gasteiger partial charge in [0.2, 0.25) is 0 Å². The van der Waals surface area contributed by atoms with Crippen LogP contribution < -0.4 is 0 Å². The average molecular weight is 180 g/mol. The molecular weight excluding hydrogens is 168 g/mol. The second-order valence-electron chi connectivity index (χ2n) is 3.51. The second-order valence-corrected chi connectivity index (χ2v) is 3.51. The third kappa shape index (κ3) is 1.56. The number of nitrogens with one attached hydrogen (secondary N) is 1. The van der Waals surface area contributed by atoms with Crippen LogP contribution in [-0.4, -0.2) is 21.3 Å². The summed E-state index contributed by atoms with van der Waals surface area (Å²) in [5, 5.41) is 15.7. The van der Waals surface area contributed by atoms with Crippen molar-refractivity contribution >= 4 is 5.97 Å². The van der Waals surface area contributed by atoms with Crippen molar-refractivity contribution in [1.82, 2.24) is 10.2 Å². The number of rotatable bonds is 1. The minimum atomic E-state index is -0.692. The van der Waals surface area contributed by atoms with Gasteiger partial charge in [0.1, 0.15) is 0 Å². The van der Waals surface area contributed by atoms with Crippen molar-refractivity contribution in [3.63, 3.8) is 0 Å². The minimum absolute atomic E-state index is 0.235. The number of carbonyl (C=O) groups is 1. The molecule has 1 heterocycles. The summed E-state index contributed by atoms with van der Waals surface area (Å²) in [6.45, 7) is 0. The summed E-state index contributed by atoms with van der Waals surface area (Å²) in [4.78, 5) is 10.8. The van der Waals surface area contributed by atoms with Gasteiger partial charge in [-0.1, -0.05) is 0 Å². The lowest BCUT2D eigenvalue weighted by Crippen LogP contribution is -2.15. The Balaban J connectivity index is 2.21. The van der Waals surface area contributed by atoms with Gasteiger partial charge in [0.25, 0.3) is 0 Å². The lowest BCUT2D eigenvalue weighted by molar-refractivity contribution is -0.141. The van der Waals surface area contributed by atoms with E-state index in [4.69, 9.17) is 5.11 Å². The highest BCUT2D eigenvalue weighted by Gasteiger charge is 2.23. The summed E-state index contributed by atoms with van der Waals surface area (Å²) in [6, 6.07) is 0. The Bertz CT molecular complexity index is 319. The van der Waals surface area contributed by atoms with Crippen molar-refractivity contribution in [1.29, 1.82) is 0 Å². The van der Waals surface area contributed by atoms with Crippen LogP contribution in [0, 0.1) is 5.92 Å². The zero-order valence-electron chi connectivity index (χ0n) is 7.29. The van der Waals surface area contributed by atoms with Gasteiger partial charge in [0, 0.05) is 12.1 Å². The van der Waals surface area contributed by atoms with Crippen molar-refractivity contribution in [3.05, 3.63) is 17.5 Å². The first-order valence-electron chi connectivity index (χ1n) is 4.51. The summed E-state index contributed by atoms with van der Waals surface area (Å²) < 4.78 is 0. The molecule has 1 atom stereocenters. The first-order valence-corrected chi connectivity index (χ1v) is 4.51. The Morgan fingerprint density at radius 3 is 3.31 bits per heavy atom. The number of aromatic amines is 1. The molecule has 0 saturated heterocycles. The van der Waals surface area contributed by atoms with Gasteiger partial charge in [0.15, 0.2) is 0 Å². The van der Waals surface area contributed by atoms with Crippen LogP contribution in [-0.2, 0) is 17.6 Å². The van der Waals surface area contributed by atoms with E-state index in [1.807, 2.05) is 0 Å². The van der Waals surface area contributed by atoms with Crippen molar-refractivity contribution in [2.75, 3.05) is 0 Å². The number of fused-ring (bicyclic) bond motifs is 1. The maximum Gasteiger partial charge on any atom is 0.306 e. The molecule has 1 aromatic heterocycles.